The molecule has 88 valence electrons. The van der Waals surface area contributed by atoms with Crippen molar-refractivity contribution >= 4 is 24.6 Å². The molecule has 0 atom stereocenters. The summed E-state index contributed by atoms with van der Waals surface area (Å²) >= 11 is 3.83. The van der Waals surface area contributed by atoms with E-state index in [-0.39, 0.29) is 12.3 Å². The molecule has 0 saturated carbocycles. The third kappa shape index (κ3) is 7.18. The molecule has 0 unspecified atom stereocenters. The van der Waals surface area contributed by atoms with Crippen molar-refractivity contribution in [2.24, 2.45) is 5.73 Å². The molecule has 0 aliphatic rings. The highest BCUT2D eigenvalue weighted by Crippen LogP contribution is 1.93. The Hall–Kier alpha value is -0.790. The second-order valence-electron chi connectivity index (χ2n) is 3.04. The van der Waals surface area contributed by atoms with Gasteiger partial charge in [0.2, 0.25) is 11.8 Å². The van der Waals surface area contributed by atoms with Crippen LogP contribution in [-0.2, 0) is 9.59 Å². The molecule has 0 fully saturated rings. The summed E-state index contributed by atoms with van der Waals surface area (Å²) in [7, 11) is 1.80. The molecule has 0 aliphatic heterocycles. The Morgan fingerprint density at radius 3 is 2.40 bits per heavy atom. The second-order valence-corrected chi connectivity index (χ2v) is 3.35. The van der Waals surface area contributed by atoms with Gasteiger partial charge in [-0.15, -0.1) is 0 Å². The maximum absolute atomic E-state index is 11.5. The lowest BCUT2D eigenvalue weighted by atomic mass is 10.3. The van der Waals surface area contributed by atoms with E-state index in [4.69, 9.17) is 5.73 Å². The van der Waals surface area contributed by atoms with Crippen LogP contribution in [0, 0.1) is 0 Å². The van der Waals surface area contributed by atoms with E-state index in [9.17, 15) is 9.59 Å². The van der Waals surface area contributed by atoms with E-state index in [0.29, 0.717) is 26.2 Å². The lowest BCUT2D eigenvalue weighted by Gasteiger charge is -2.21. The smallest absolute Gasteiger partial charge is 0.232 e. The molecule has 6 nitrogen and oxygen atoms in total. The molecule has 0 aromatic rings. The van der Waals surface area contributed by atoms with Crippen LogP contribution in [0.5, 0.6) is 0 Å². The van der Waals surface area contributed by atoms with E-state index in [1.54, 1.807) is 11.9 Å². The van der Waals surface area contributed by atoms with Crippen molar-refractivity contribution in [3.8, 4) is 0 Å². The maximum atomic E-state index is 11.5. The molecule has 0 aliphatic carbocycles. The summed E-state index contributed by atoms with van der Waals surface area (Å²) in [4.78, 5) is 23.7. The van der Waals surface area contributed by atoms with Gasteiger partial charge in [0.1, 0.15) is 6.42 Å². The third-order valence-corrected chi connectivity index (χ3v) is 2.03. The largest absolute Gasteiger partial charge is 0.369 e. The molecule has 0 bridgehead atoms. The Kier molecular flexibility index (Phi) is 8.06. The fourth-order valence-corrected chi connectivity index (χ4v) is 1.15. The fourth-order valence-electron chi connectivity index (χ4n) is 1.05. The number of hydrogen-bond donors (Lipinski definition) is 4. The van der Waals surface area contributed by atoms with Crippen LogP contribution in [0.15, 0.2) is 0 Å². The average molecular weight is 234 g/mol. The van der Waals surface area contributed by atoms with Crippen molar-refractivity contribution in [1.29, 1.82) is 0 Å². The number of rotatable bonds is 8. The number of likely N-dealkylation sites (N-methyl/N-ethyl adjacent to an activating group) is 1. The number of amides is 2. The maximum Gasteiger partial charge on any atom is 0.232 e. The number of nitrogens with two attached hydrogens (primary N) is 1. The van der Waals surface area contributed by atoms with Gasteiger partial charge >= 0.3 is 0 Å². The number of nitrogens with one attached hydrogen (secondary N) is 2. The zero-order chi connectivity index (χ0) is 11.7. The molecule has 4 N–H and O–H groups in total. The number of nitrogens with zero attached hydrogens (tertiary/aromatic N) is 1. The lowest BCUT2D eigenvalue weighted by molar-refractivity contribution is -0.135. The first-order valence-electron chi connectivity index (χ1n) is 4.69. The van der Waals surface area contributed by atoms with Crippen LogP contribution < -0.4 is 15.8 Å². The molecular weight excluding hydrogens is 216 g/mol. The predicted molar refractivity (Wildman–Crippen MR) is 61.3 cm³/mol. The predicted octanol–water partition coefficient (Wildman–Crippen LogP) is -1.66. The van der Waals surface area contributed by atoms with Crippen molar-refractivity contribution in [3.05, 3.63) is 0 Å². The van der Waals surface area contributed by atoms with Gasteiger partial charge < -0.3 is 16.0 Å². The molecule has 7 heteroatoms. The summed E-state index contributed by atoms with van der Waals surface area (Å²) in [5.74, 6) is -0.852. The van der Waals surface area contributed by atoms with Crippen molar-refractivity contribution in [1.82, 2.24) is 14.9 Å². The Bertz CT molecular complexity index is 205. The van der Waals surface area contributed by atoms with E-state index in [0.717, 1.165) is 0 Å². The Labute approximate surface area is 95.1 Å². The number of thiol groups is 1. The summed E-state index contributed by atoms with van der Waals surface area (Å²) < 4.78 is 2.65. The molecule has 0 spiro atoms. The number of hydrogen-bond acceptors (Lipinski definition) is 5. The van der Waals surface area contributed by atoms with Gasteiger partial charge in [0.05, 0.1) is 0 Å². The molecule has 0 radical (unpaired) electrons. The summed E-state index contributed by atoms with van der Waals surface area (Å²) in [5, 5.41) is 2.93. The summed E-state index contributed by atoms with van der Waals surface area (Å²) in [6.07, 6.45) is -0.240. The van der Waals surface area contributed by atoms with Gasteiger partial charge in [0, 0.05) is 26.2 Å². The van der Waals surface area contributed by atoms with E-state index in [1.165, 1.54) is 0 Å². The minimum Gasteiger partial charge on any atom is -0.369 e. The van der Waals surface area contributed by atoms with Gasteiger partial charge in [0.15, 0.2) is 0 Å². The van der Waals surface area contributed by atoms with Crippen LogP contribution in [0.4, 0.5) is 0 Å². The summed E-state index contributed by atoms with van der Waals surface area (Å²) in [5.41, 5.74) is 4.96. The zero-order valence-corrected chi connectivity index (χ0v) is 9.72. The first kappa shape index (κ1) is 14.2. The molecule has 15 heavy (non-hydrogen) atoms. The van der Waals surface area contributed by atoms with Crippen LogP contribution in [0.25, 0.3) is 0 Å². The number of carbonyl (C=O) groups excluding carboxylic acids is 2. The van der Waals surface area contributed by atoms with Gasteiger partial charge in [0.25, 0.3) is 0 Å². The minimum absolute atomic E-state index is 0.240. The fraction of sp³-hybridized carbons (Fsp3) is 0.750. The van der Waals surface area contributed by atoms with Crippen LogP contribution >= 0.6 is 12.8 Å². The number of primary amides is 1. The normalized spacial score (nSPS) is 10.0. The topological polar surface area (TPSA) is 87.5 Å². The quantitative estimate of drug-likeness (QED) is 0.299. The highest BCUT2D eigenvalue weighted by atomic mass is 32.1. The third-order valence-electron chi connectivity index (χ3n) is 1.80. The Morgan fingerprint density at radius 1 is 1.33 bits per heavy atom. The minimum atomic E-state index is -0.603. The standard InChI is InChI=1S/C8H18N4O2S/c1-10-2-4-12(5-3-11-15)8(14)6-7(9)13/h10-11,15H,2-6H2,1H3,(H2,9,13). The van der Waals surface area contributed by atoms with Gasteiger partial charge in [-0.3, -0.25) is 14.3 Å². The highest BCUT2D eigenvalue weighted by molar-refractivity contribution is 7.78. The van der Waals surface area contributed by atoms with E-state index >= 15 is 0 Å². The molecular formula is C8H18N4O2S. The van der Waals surface area contributed by atoms with Gasteiger partial charge in [-0.1, -0.05) is 12.8 Å². The van der Waals surface area contributed by atoms with Crippen LogP contribution in [0.1, 0.15) is 6.42 Å². The van der Waals surface area contributed by atoms with Gasteiger partial charge in [-0.25, -0.2) is 0 Å². The first-order chi connectivity index (χ1) is 7.11. The molecule has 0 aromatic carbocycles. The van der Waals surface area contributed by atoms with Crippen LogP contribution in [-0.4, -0.2) is 49.9 Å². The van der Waals surface area contributed by atoms with Crippen molar-refractivity contribution in [2.75, 3.05) is 33.2 Å². The number of carbonyl (C=O) groups is 2. The first-order valence-corrected chi connectivity index (χ1v) is 5.14. The van der Waals surface area contributed by atoms with Crippen LogP contribution in [0.3, 0.4) is 0 Å². The Morgan fingerprint density at radius 2 is 1.93 bits per heavy atom. The zero-order valence-electron chi connectivity index (χ0n) is 8.82. The second kappa shape index (κ2) is 8.51. The summed E-state index contributed by atoms with van der Waals surface area (Å²) in [6.45, 7) is 2.31. The average Bonchev–Trinajstić information content (AvgIpc) is 2.17. The molecule has 0 rings (SSSR count). The SMILES string of the molecule is CNCCN(CCNS)C(=O)CC(N)=O. The van der Waals surface area contributed by atoms with E-state index < -0.39 is 5.91 Å². The van der Waals surface area contributed by atoms with Crippen molar-refractivity contribution < 1.29 is 9.59 Å². The summed E-state index contributed by atoms with van der Waals surface area (Å²) in [6, 6.07) is 0. The van der Waals surface area contributed by atoms with E-state index in [2.05, 4.69) is 22.9 Å². The Balaban J connectivity index is 4.07. The van der Waals surface area contributed by atoms with Crippen molar-refractivity contribution in [2.45, 2.75) is 6.42 Å². The molecule has 0 heterocycles. The molecule has 2 amide bonds. The monoisotopic (exact) mass is 234 g/mol. The lowest BCUT2D eigenvalue weighted by Crippen LogP contribution is -2.40. The van der Waals surface area contributed by atoms with E-state index in [1.807, 2.05) is 0 Å². The molecule has 0 aromatic heterocycles. The van der Waals surface area contributed by atoms with Gasteiger partial charge in [-0.05, 0) is 7.05 Å². The highest BCUT2D eigenvalue weighted by Gasteiger charge is 2.14. The van der Waals surface area contributed by atoms with Crippen LogP contribution in [0.2, 0.25) is 0 Å². The van der Waals surface area contributed by atoms with Gasteiger partial charge in [-0.2, -0.15) is 0 Å². The molecule has 0 saturated heterocycles. The van der Waals surface area contributed by atoms with Crippen molar-refractivity contribution in [3.63, 3.8) is 0 Å².